The number of hydrogen-bond donors (Lipinski definition) is 0. The molecule has 0 aliphatic carbocycles. The highest BCUT2D eigenvalue weighted by Crippen LogP contribution is 2.16. The van der Waals surface area contributed by atoms with Crippen LogP contribution in [0.15, 0.2) is 50.1 Å². The average molecular weight is 272 g/mol. The molecule has 2 rings (SSSR count). The molecule has 1 aromatic rings. The number of esters is 1. The molecular formula is C17H20O3. The van der Waals surface area contributed by atoms with E-state index < -0.39 is 0 Å². The largest absolute Gasteiger partial charge is 0.457 e. The van der Waals surface area contributed by atoms with Crippen molar-refractivity contribution in [1.29, 1.82) is 0 Å². The van der Waals surface area contributed by atoms with E-state index >= 15 is 0 Å². The Hall–Kier alpha value is -2.13. The summed E-state index contributed by atoms with van der Waals surface area (Å²) in [6.45, 7) is 13.2. The fourth-order valence-electron chi connectivity index (χ4n) is 1.52. The van der Waals surface area contributed by atoms with Gasteiger partial charge in [-0.15, -0.1) is 0 Å². The molecule has 0 N–H and O–H groups in total. The van der Waals surface area contributed by atoms with Crippen molar-refractivity contribution in [2.24, 2.45) is 0 Å². The van der Waals surface area contributed by atoms with Crippen molar-refractivity contribution < 1.29 is 14.3 Å². The quantitative estimate of drug-likeness (QED) is 0.468. The van der Waals surface area contributed by atoms with E-state index in [2.05, 4.69) is 19.7 Å². The highest BCUT2D eigenvalue weighted by atomic mass is 16.6. The molecule has 0 amide bonds. The summed E-state index contributed by atoms with van der Waals surface area (Å²) in [6.07, 6.45) is 4.79. The molecular weight excluding hydrogens is 252 g/mol. The van der Waals surface area contributed by atoms with Gasteiger partial charge in [0.05, 0.1) is 6.61 Å². The monoisotopic (exact) mass is 272 g/mol. The lowest BCUT2D eigenvalue weighted by atomic mass is 10.1. The van der Waals surface area contributed by atoms with Gasteiger partial charge in [-0.05, 0) is 18.1 Å². The van der Waals surface area contributed by atoms with E-state index in [1.165, 1.54) is 0 Å². The third kappa shape index (κ3) is 5.24. The van der Waals surface area contributed by atoms with Gasteiger partial charge in [0.15, 0.2) is 0 Å². The van der Waals surface area contributed by atoms with Gasteiger partial charge < -0.3 is 9.47 Å². The number of carbonyl (C=O) groups excluding carboxylic acids is 1. The van der Waals surface area contributed by atoms with Crippen molar-refractivity contribution in [3.63, 3.8) is 0 Å². The van der Waals surface area contributed by atoms with Crippen LogP contribution in [0.2, 0.25) is 0 Å². The van der Waals surface area contributed by atoms with Crippen molar-refractivity contribution in [1.82, 2.24) is 0 Å². The molecule has 1 saturated heterocycles. The summed E-state index contributed by atoms with van der Waals surface area (Å²) in [5.74, 6) is -0.386. The van der Waals surface area contributed by atoms with Crippen molar-refractivity contribution in [2.75, 3.05) is 6.61 Å². The number of hydrogen-bond acceptors (Lipinski definition) is 3. The molecule has 1 heterocycles. The van der Waals surface area contributed by atoms with Crippen molar-refractivity contribution in [3.05, 3.63) is 61.2 Å². The number of carbonyl (C=O) groups is 1. The van der Waals surface area contributed by atoms with E-state index in [1.54, 1.807) is 6.92 Å². The predicted molar refractivity (Wildman–Crippen MR) is 82.1 cm³/mol. The SMILES string of the molecule is C=CC(=O)OC(C)C1CO1.C=Cc1ccccc1C=C. The highest BCUT2D eigenvalue weighted by Gasteiger charge is 2.31. The molecule has 1 aliphatic heterocycles. The summed E-state index contributed by atoms with van der Waals surface area (Å²) in [7, 11) is 0. The molecule has 20 heavy (non-hydrogen) atoms. The Labute approximate surface area is 120 Å². The summed E-state index contributed by atoms with van der Waals surface area (Å²) < 4.78 is 9.75. The lowest BCUT2D eigenvalue weighted by Crippen LogP contribution is -2.18. The van der Waals surface area contributed by atoms with E-state index in [0.717, 1.165) is 17.2 Å². The summed E-state index contributed by atoms with van der Waals surface area (Å²) >= 11 is 0. The Morgan fingerprint density at radius 3 is 2.15 bits per heavy atom. The Morgan fingerprint density at radius 1 is 1.30 bits per heavy atom. The summed E-state index contributed by atoms with van der Waals surface area (Å²) in [4.78, 5) is 10.6. The first-order chi connectivity index (χ1) is 9.62. The molecule has 106 valence electrons. The number of benzene rings is 1. The summed E-state index contributed by atoms with van der Waals surface area (Å²) in [5.41, 5.74) is 2.27. The third-order valence-electron chi connectivity index (χ3n) is 2.79. The zero-order valence-corrected chi connectivity index (χ0v) is 11.7. The smallest absolute Gasteiger partial charge is 0.330 e. The minimum atomic E-state index is -0.386. The van der Waals surface area contributed by atoms with E-state index in [-0.39, 0.29) is 18.2 Å². The first-order valence-electron chi connectivity index (χ1n) is 6.41. The van der Waals surface area contributed by atoms with E-state index in [1.807, 2.05) is 36.4 Å². The van der Waals surface area contributed by atoms with Crippen LogP contribution >= 0.6 is 0 Å². The standard InChI is InChI=1S/C10H10.C7H10O3/c1-3-9-7-5-6-8-10(9)4-2;1-3-7(8)10-5(2)6-4-9-6/h3-8H,1-2H2;3,5-6H,1,4H2,2H3. The van der Waals surface area contributed by atoms with Gasteiger partial charge >= 0.3 is 5.97 Å². The van der Waals surface area contributed by atoms with Gasteiger partial charge in [-0.1, -0.05) is 56.2 Å². The number of ether oxygens (including phenoxy) is 2. The summed E-state index contributed by atoms with van der Waals surface area (Å²) in [5, 5.41) is 0. The predicted octanol–water partition coefficient (Wildman–Crippen LogP) is 3.48. The van der Waals surface area contributed by atoms with Crippen LogP contribution in [0.4, 0.5) is 0 Å². The zero-order valence-electron chi connectivity index (χ0n) is 11.7. The topological polar surface area (TPSA) is 38.8 Å². The summed E-state index contributed by atoms with van der Waals surface area (Å²) in [6, 6.07) is 8.02. The van der Waals surface area contributed by atoms with Gasteiger partial charge in [0, 0.05) is 6.08 Å². The minimum absolute atomic E-state index is 0.115. The second-order valence-corrected chi connectivity index (χ2v) is 4.26. The molecule has 1 aromatic carbocycles. The first kappa shape index (κ1) is 15.9. The zero-order chi connectivity index (χ0) is 15.0. The van der Waals surface area contributed by atoms with Gasteiger partial charge in [-0.3, -0.25) is 0 Å². The number of rotatable bonds is 5. The normalized spacial score (nSPS) is 16.9. The molecule has 1 fully saturated rings. The molecule has 2 unspecified atom stereocenters. The highest BCUT2D eigenvalue weighted by molar-refractivity contribution is 5.81. The van der Waals surface area contributed by atoms with Crippen LogP contribution in [-0.2, 0) is 14.3 Å². The minimum Gasteiger partial charge on any atom is -0.457 e. The van der Waals surface area contributed by atoms with Crippen molar-refractivity contribution in [2.45, 2.75) is 19.1 Å². The molecule has 0 spiro atoms. The average Bonchev–Trinajstić information content (AvgIpc) is 3.32. The Bertz CT molecular complexity index is 460. The maximum Gasteiger partial charge on any atom is 0.330 e. The van der Waals surface area contributed by atoms with Gasteiger partial charge in [0.25, 0.3) is 0 Å². The van der Waals surface area contributed by atoms with E-state index in [4.69, 9.17) is 9.47 Å². The molecule has 1 aliphatic rings. The van der Waals surface area contributed by atoms with Crippen LogP contribution in [0.5, 0.6) is 0 Å². The van der Waals surface area contributed by atoms with Crippen LogP contribution in [-0.4, -0.2) is 24.8 Å². The van der Waals surface area contributed by atoms with Gasteiger partial charge in [-0.2, -0.15) is 0 Å². The maximum absolute atomic E-state index is 10.6. The fraction of sp³-hybridized carbons (Fsp3) is 0.235. The van der Waals surface area contributed by atoms with Crippen LogP contribution in [0.3, 0.4) is 0 Å². The lowest BCUT2D eigenvalue weighted by molar-refractivity contribution is -0.143. The third-order valence-corrected chi connectivity index (χ3v) is 2.79. The number of epoxide rings is 1. The molecule has 2 atom stereocenters. The second kappa shape index (κ2) is 8.12. The van der Waals surface area contributed by atoms with Gasteiger partial charge in [0.1, 0.15) is 12.2 Å². The van der Waals surface area contributed by atoms with Crippen molar-refractivity contribution >= 4 is 18.1 Å². The molecule has 0 bridgehead atoms. The molecule has 3 heteroatoms. The van der Waals surface area contributed by atoms with E-state index in [0.29, 0.717) is 6.61 Å². The molecule has 0 saturated carbocycles. The maximum atomic E-state index is 10.6. The van der Waals surface area contributed by atoms with Gasteiger partial charge in [-0.25, -0.2) is 4.79 Å². The van der Waals surface area contributed by atoms with Crippen LogP contribution in [0, 0.1) is 0 Å². The molecule has 0 radical (unpaired) electrons. The second-order valence-electron chi connectivity index (χ2n) is 4.26. The van der Waals surface area contributed by atoms with Gasteiger partial charge in [0.2, 0.25) is 0 Å². The lowest BCUT2D eigenvalue weighted by Gasteiger charge is -2.06. The fourth-order valence-corrected chi connectivity index (χ4v) is 1.52. The Morgan fingerprint density at radius 2 is 1.80 bits per heavy atom. The van der Waals surface area contributed by atoms with Crippen LogP contribution in [0.1, 0.15) is 18.1 Å². The van der Waals surface area contributed by atoms with E-state index in [9.17, 15) is 4.79 Å². The van der Waals surface area contributed by atoms with Crippen LogP contribution in [0.25, 0.3) is 12.2 Å². The first-order valence-corrected chi connectivity index (χ1v) is 6.41. The van der Waals surface area contributed by atoms with Crippen molar-refractivity contribution in [3.8, 4) is 0 Å². The molecule has 0 aromatic heterocycles. The Kier molecular flexibility index (Phi) is 6.47. The molecule has 3 nitrogen and oxygen atoms in total. The Balaban J connectivity index is 0.000000200. The van der Waals surface area contributed by atoms with Crippen LogP contribution < -0.4 is 0 Å².